The third-order valence-corrected chi connectivity index (χ3v) is 3.49. The van der Waals surface area contributed by atoms with Crippen LogP contribution in [0.1, 0.15) is 25.8 Å². The number of hydrogen-bond donors (Lipinski definition) is 2. The van der Waals surface area contributed by atoms with Crippen LogP contribution in [-0.4, -0.2) is 63.8 Å². The lowest BCUT2D eigenvalue weighted by atomic mass is 10.2. The third-order valence-electron chi connectivity index (χ3n) is 3.49. The number of nitrogens with one attached hydrogen (secondary N) is 2. The standard InChI is InChI=1S/C19H32N4O3.HI/c1-5-20-19(21-11-8-12-25-6-2)22-14-16-9-7-10-17(13-16)26-15-18(24)23(3)4;/h7,9-10,13H,5-6,8,11-12,14-15H2,1-4H3,(H2,20,21,22);1H. The second-order valence-corrected chi connectivity index (χ2v) is 5.90. The molecule has 0 spiro atoms. The van der Waals surface area contributed by atoms with Crippen molar-refractivity contribution in [2.75, 3.05) is 47.0 Å². The zero-order chi connectivity index (χ0) is 19.2. The summed E-state index contributed by atoms with van der Waals surface area (Å²) in [6, 6.07) is 7.64. The molecule has 1 rings (SSSR count). The van der Waals surface area contributed by atoms with Gasteiger partial charge in [-0.2, -0.15) is 0 Å². The van der Waals surface area contributed by atoms with E-state index in [2.05, 4.69) is 15.6 Å². The van der Waals surface area contributed by atoms with E-state index in [1.165, 1.54) is 4.90 Å². The molecule has 0 aliphatic carbocycles. The van der Waals surface area contributed by atoms with Crippen molar-refractivity contribution in [3.05, 3.63) is 29.8 Å². The molecule has 1 aromatic rings. The molecule has 0 unspecified atom stereocenters. The van der Waals surface area contributed by atoms with E-state index in [0.29, 0.717) is 12.3 Å². The number of rotatable bonds is 11. The fourth-order valence-electron chi connectivity index (χ4n) is 2.05. The summed E-state index contributed by atoms with van der Waals surface area (Å²) in [5.41, 5.74) is 1.02. The molecule has 0 bridgehead atoms. The number of likely N-dealkylation sites (N-methyl/N-ethyl adjacent to an activating group) is 1. The van der Waals surface area contributed by atoms with Gasteiger partial charge in [0.1, 0.15) is 5.75 Å². The molecule has 2 N–H and O–H groups in total. The van der Waals surface area contributed by atoms with Gasteiger partial charge in [0.2, 0.25) is 0 Å². The Bertz CT molecular complexity index is 568. The van der Waals surface area contributed by atoms with E-state index >= 15 is 0 Å². The number of benzene rings is 1. The summed E-state index contributed by atoms with van der Waals surface area (Å²) in [6.07, 6.45) is 0.932. The van der Waals surface area contributed by atoms with Crippen LogP contribution in [0.3, 0.4) is 0 Å². The van der Waals surface area contributed by atoms with E-state index in [9.17, 15) is 4.79 Å². The number of carbonyl (C=O) groups excluding carboxylic acids is 1. The number of carbonyl (C=O) groups is 1. The third kappa shape index (κ3) is 11.7. The number of guanidine groups is 1. The van der Waals surface area contributed by atoms with Crippen molar-refractivity contribution >= 4 is 35.8 Å². The Morgan fingerprint density at radius 3 is 2.67 bits per heavy atom. The molecule has 7 nitrogen and oxygen atoms in total. The average Bonchev–Trinajstić information content (AvgIpc) is 2.64. The summed E-state index contributed by atoms with van der Waals surface area (Å²) < 4.78 is 10.9. The Labute approximate surface area is 179 Å². The lowest BCUT2D eigenvalue weighted by Crippen LogP contribution is -2.38. The van der Waals surface area contributed by atoms with Crippen LogP contribution in [0.15, 0.2) is 29.3 Å². The van der Waals surface area contributed by atoms with Gasteiger partial charge >= 0.3 is 0 Å². The Morgan fingerprint density at radius 2 is 2.00 bits per heavy atom. The summed E-state index contributed by atoms with van der Waals surface area (Å²) in [6.45, 7) is 7.68. The van der Waals surface area contributed by atoms with Crippen molar-refractivity contribution in [2.45, 2.75) is 26.8 Å². The van der Waals surface area contributed by atoms with Crippen molar-refractivity contribution in [1.29, 1.82) is 0 Å². The van der Waals surface area contributed by atoms with Gasteiger partial charge in [0.25, 0.3) is 5.91 Å². The van der Waals surface area contributed by atoms with E-state index in [0.717, 1.165) is 44.2 Å². The Morgan fingerprint density at radius 1 is 1.22 bits per heavy atom. The van der Waals surface area contributed by atoms with Crippen LogP contribution in [0.2, 0.25) is 0 Å². The number of halogens is 1. The highest BCUT2D eigenvalue weighted by atomic mass is 127. The molecule has 0 saturated heterocycles. The zero-order valence-corrected chi connectivity index (χ0v) is 19.1. The highest BCUT2D eigenvalue weighted by Crippen LogP contribution is 2.14. The predicted molar refractivity (Wildman–Crippen MR) is 120 cm³/mol. The Kier molecular flexibility index (Phi) is 14.6. The first-order chi connectivity index (χ1) is 12.6. The number of ether oxygens (including phenoxy) is 2. The van der Waals surface area contributed by atoms with Gasteiger partial charge in [-0.05, 0) is 38.0 Å². The van der Waals surface area contributed by atoms with Crippen molar-refractivity contribution in [3.63, 3.8) is 0 Å². The van der Waals surface area contributed by atoms with Crippen LogP contribution in [-0.2, 0) is 16.1 Å². The van der Waals surface area contributed by atoms with Crippen LogP contribution in [0.4, 0.5) is 0 Å². The number of nitrogens with zero attached hydrogens (tertiary/aromatic N) is 2. The second kappa shape index (κ2) is 15.5. The van der Waals surface area contributed by atoms with Gasteiger partial charge in [-0.15, -0.1) is 24.0 Å². The molecule has 1 amide bonds. The molecule has 0 aliphatic rings. The molecule has 154 valence electrons. The Balaban J connectivity index is 0.00000676. The molecule has 27 heavy (non-hydrogen) atoms. The molecule has 8 heteroatoms. The van der Waals surface area contributed by atoms with Gasteiger partial charge in [-0.3, -0.25) is 4.79 Å². The fourth-order valence-corrected chi connectivity index (χ4v) is 2.05. The SMILES string of the molecule is CCNC(=NCc1cccc(OCC(=O)N(C)C)c1)NCCCOCC.I. The molecule has 0 atom stereocenters. The second-order valence-electron chi connectivity index (χ2n) is 5.90. The van der Waals surface area contributed by atoms with Gasteiger partial charge in [-0.1, -0.05) is 12.1 Å². The van der Waals surface area contributed by atoms with E-state index < -0.39 is 0 Å². The minimum absolute atomic E-state index is 0. The average molecular weight is 492 g/mol. The molecule has 0 fully saturated rings. The summed E-state index contributed by atoms with van der Waals surface area (Å²) >= 11 is 0. The smallest absolute Gasteiger partial charge is 0.259 e. The van der Waals surface area contributed by atoms with Gasteiger partial charge in [-0.25, -0.2) is 4.99 Å². The first-order valence-corrected chi connectivity index (χ1v) is 9.08. The minimum Gasteiger partial charge on any atom is -0.484 e. The minimum atomic E-state index is -0.0703. The maximum atomic E-state index is 11.6. The molecule has 0 radical (unpaired) electrons. The molecule has 0 heterocycles. The molecule has 0 saturated carbocycles. The molecule has 0 aliphatic heterocycles. The molecule has 0 aromatic heterocycles. The quantitative estimate of drug-likeness (QED) is 0.215. The highest BCUT2D eigenvalue weighted by Gasteiger charge is 2.05. The first kappa shape index (κ1) is 25.4. The van der Waals surface area contributed by atoms with Crippen LogP contribution in [0.5, 0.6) is 5.75 Å². The van der Waals surface area contributed by atoms with Crippen molar-refractivity contribution in [3.8, 4) is 5.75 Å². The highest BCUT2D eigenvalue weighted by molar-refractivity contribution is 14.0. The van der Waals surface area contributed by atoms with Crippen LogP contribution in [0.25, 0.3) is 0 Å². The molecular formula is C19H33IN4O3. The van der Waals surface area contributed by atoms with Crippen LogP contribution in [0, 0.1) is 0 Å². The largest absolute Gasteiger partial charge is 0.484 e. The number of aliphatic imine (C=N–C) groups is 1. The van der Waals surface area contributed by atoms with Crippen molar-refractivity contribution in [1.82, 2.24) is 15.5 Å². The van der Waals surface area contributed by atoms with E-state index in [4.69, 9.17) is 9.47 Å². The zero-order valence-electron chi connectivity index (χ0n) is 16.8. The number of hydrogen-bond acceptors (Lipinski definition) is 4. The maximum absolute atomic E-state index is 11.6. The lowest BCUT2D eigenvalue weighted by molar-refractivity contribution is -0.130. The molecular weight excluding hydrogens is 459 g/mol. The van der Waals surface area contributed by atoms with E-state index in [-0.39, 0.29) is 36.5 Å². The van der Waals surface area contributed by atoms with E-state index in [1.54, 1.807) is 14.1 Å². The normalized spacial score (nSPS) is 10.7. The van der Waals surface area contributed by atoms with Crippen LogP contribution >= 0.6 is 24.0 Å². The fraction of sp³-hybridized carbons (Fsp3) is 0.579. The van der Waals surface area contributed by atoms with Gasteiger partial charge in [0, 0.05) is 40.4 Å². The molecule has 1 aromatic carbocycles. The maximum Gasteiger partial charge on any atom is 0.259 e. The van der Waals surface area contributed by atoms with Gasteiger partial charge in [0.05, 0.1) is 6.54 Å². The van der Waals surface area contributed by atoms with Crippen molar-refractivity contribution in [2.24, 2.45) is 4.99 Å². The summed E-state index contributed by atoms with van der Waals surface area (Å²) in [5.74, 6) is 1.37. The van der Waals surface area contributed by atoms with Gasteiger partial charge < -0.3 is 25.0 Å². The lowest BCUT2D eigenvalue weighted by Gasteiger charge is -2.12. The van der Waals surface area contributed by atoms with E-state index in [1.807, 2.05) is 38.1 Å². The Hall–Kier alpha value is -1.55. The van der Waals surface area contributed by atoms with Gasteiger partial charge in [0.15, 0.2) is 12.6 Å². The summed E-state index contributed by atoms with van der Waals surface area (Å²) in [5, 5.41) is 6.52. The topological polar surface area (TPSA) is 75.2 Å². The number of amides is 1. The predicted octanol–water partition coefficient (Wildman–Crippen LogP) is 2.25. The van der Waals surface area contributed by atoms with Crippen molar-refractivity contribution < 1.29 is 14.3 Å². The van der Waals surface area contributed by atoms with Crippen LogP contribution < -0.4 is 15.4 Å². The summed E-state index contributed by atoms with van der Waals surface area (Å²) in [7, 11) is 3.42. The summed E-state index contributed by atoms with van der Waals surface area (Å²) in [4.78, 5) is 17.7. The monoisotopic (exact) mass is 492 g/mol. The first-order valence-electron chi connectivity index (χ1n) is 9.08.